The maximum Gasteiger partial charge on any atom is 0.242 e. The number of nitrogens with zero attached hydrogens (tertiary/aromatic N) is 3. The first-order valence-corrected chi connectivity index (χ1v) is 11.2. The highest BCUT2D eigenvalue weighted by molar-refractivity contribution is 5.81. The average molecular weight is 415 g/mol. The van der Waals surface area contributed by atoms with Gasteiger partial charge in [-0.1, -0.05) is 52.7 Å². The standard InChI is InChI=1S/C24H38N4O2/c1-6-7-17-27(5)22(29)18-28-20-14-11-10-13-19(20)26-21(28)15-9-8-12-16-25-23(30)24(2,3)4/h10-11,13-14H,6-9,12,15-18H2,1-5H3,(H,25,30). The molecule has 0 spiro atoms. The second-order valence-electron chi connectivity index (χ2n) is 9.09. The fourth-order valence-corrected chi connectivity index (χ4v) is 3.32. The maximum atomic E-state index is 12.7. The van der Waals surface area contributed by atoms with Gasteiger partial charge in [-0.05, 0) is 31.4 Å². The van der Waals surface area contributed by atoms with Crippen LogP contribution in [0.5, 0.6) is 0 Å². The largest absolute Gasteiger partial charge is 0.356 e. The van der Waals surface area contributed by atoms with Crippen molar-refractivity contribution in [3.05, 3.63) is 30.1 Å². The molecule has 6 heteroatoms. The smallest absolute Gasteiger partial charge is 0.242 e. The Labute approximate surface area is 181 Å². The van der Waals surface area contributed by atoms with Crippen LogP contribution in [0.15, 0.2) is 24.3 Å². The molecule has 0 aliphatic rings. The monoisotopic (exact) mass is 414 g/mol. The third kappa shape index (κ3) is 6.85. The number of hydrogen-bond donors (Lipinski definition) is 1. The molecule has 0 bridgehead atoms. The van der Waals surface area contributed by atoms with Gasteiger partial charge in [-0.25, -0.2) is 4.98 Å². The van der Waals surface area contributed by atoms with Gasteiger partial charge in [0.05, 0.1) is 11.0 Å². The van der Waals surface area contributed by atoms with Crippen molar-refractivity contribution in [3.63, 3.8) is 0 Å². The number of amides is 2. The minimum absolute atomic E-state index is 0.0926. The third-order valence-electron chi connectivity index (χ3n) is 5.34. The quantitative estimate of drug-likeness (QED) is 0.561. The Kier molecular flexibility index (Phi) is 8.88. The van der Waals surface area contributed by atoms with E-state index in [1.165, 1.54) is 0 Å². The van der Waals surface area contributed by atoms with E-state index < -0.39 is 0 Å². The highest BCUT2D eigenvalue weighted by atomic mass is 16.2. The second-order valence-corrected chi connectivity index (χ2v) is 9.09. The summed E-state index contributed by atoms with van der Waals surface area (Å²) in [5.74, 6) is 1.18. The minimum atomic E-state index is -0.346. The number of para-hydroxylation sites is 2. The molecule has 0 saturated carbocycles. The summed E-state index contributed by atoms with van der Waals surface area (Å²) in [5.41, 5.74) is 1.61. The molecule has 6 nitrogen and oxygen atoms in total. The lowest BCUT2D eigenvalue weighted by Gasteiger charge is -2.18. The summed E-state index contributed by atoms with van der Waals surface area (Å²) < 4.78 is 2.07. The molecule has 0 unspecified atom stereocenters. The van der Waals surface area contributed by atoms with Crippen molar-refractivity contribution in [1.29, 1.82) is 0 Å². The average Bonchev–Trinajstić information content (AvgIpc) is 3.05. The van der Waals surface area contributed by atoms with E-state index in [0.29, 0.717) is 13.1 Å². The lowest BCUT2D eigenvalue weighted by molar-refractivity contribution is -0.130. The SMILES string of the molecule is CCCCN(C)C(=O)Cn1c(CCCCCNC(=O)C(C)(C)C)nc2ccccc21. The number of benzene rings is 1. The molecule has 1 N–H and O–H groups in total. The summed E-state index contributed by atoms with van der Waals surface area (Å²) in [6.07, 6.45) is 5.86. The zero-order valence-electron chi connectivity index (χ0n) is 19.3. The number of carbonyl (C=O) groups excluding carboxylic acids is 2. The van der Waals surface area contributed by atoms with Crippen molar-refractivity contribution in [2.75, 3.05) is 20.1 Å². The number of fused-ring (bicyclic) bond motifs is 1. The summed E-state index contributed by atoms with van der Waals surface area (Å²) in [6.45, 7) is 9.73. The maximum absolute atomic E-state index is 12.7. The molecule has 30 heavy (non-hydrogen) atoms. The van der Waals surface area contributed by atoms with E-state index in [1.54, 1.807) is 0 Å². The zero-order chi connectivity index (χ0) is 22.1. The minimum Gasteiger partial charge on any atom is -0.356 e. The van der Waals surface area contributed by atoms with Crippen molar-refractivity contribution in [2.45, 2.75) is 72.8 Å². The zero-order valence-corrected chi connectivity index (χ0v) is 19.3. The second kappa shape index (κ2) is 11.1. The predicted molar refractivity (Wildman–Crippen MR) is 122 cm³/mol. The molecule has 0 aliphatic carbocycles. The molecule has 1 aromatic heterocycles. The van der Waals surface area contributed by atoms with Crippen LogP contribution in [-0.2, 0) is 22.6 Å². The van der Waals surface area contributed by atoms with Gasteiger partial charge in [0, 0.05) is 32.0 Å². The molecular formula is C24H38N4O2. The van der Waals surface area contributed by atoms with Crippen LogP contribution in [0.25, 0.3) is 11.0 Å². The highest BCUT2D eigenvalue weighted by Crippen LogP contribution is 2.18. The molecule has 2 aromatic rings. The van der Waals surface area contributed by atoms with Gasteiger partial charge in [0.2, 0.25) is 11.8 Å². The molecule has 2 rings (SSSR count). The van der Waals surface area contributed by atoms with E-state index in [0.717, 1.165) is 61.9 Å². The lowest BCUT2D eigenvalue weighted by atomic mass is 9.96. The summed E-state index contributed by atoms with van der Waals surface area (Å²) in [5, 5.41) is 3.00. The number of nitrogens with one attached hydrogen (secondary N) is 1. The summed E-state index contributed by atoms with van der Waals surface area (Å²) in [4.78, 5) is 31.2. The fourth-order valence-electron chi connectivity index (χ4n) is 3.32. The van der Waals surface area contributed by atoms with Crippen molar-refractivity contribution in [3.8, 4) is 0 Å². The van der Waals surface area contributed by atoms with Gasteiger partial charge in [0.15, 0.2) is 0 Å². The molecule has 0 radical (unpaired) electrons. The summed E-state index contributed by atoms with van der Waals surface area (Å²) in [6, 6.07) is 8.01. The molecular weight excluding hydrogens is 376 g/mol. The van der Waals surface area contributed by atoms with Crippen LogP contribution < -0.4 is 5.32 Å². The van der Waals surface area contributed by atoms with Crippen molar-refractivity contribution < 1.29 is 9.59 Å². The molecule has 0 saturated heterocycles. The van der Waals surface area contributed by atoms with Crippen LogP contribution in [0.2, 0.25) is 0 Å². The Morgan fingerprint density at radius 2 is 1.83 bits per heavy atom. The van der Waals surface area contributed by atoms with Gasteiger partial charge in [-0.3, -0.25) is 9.59 Å². The fraction of sp³-hybridized carbons (Fsp3) is 0.625. The number of unbranched alkanes of at least 4 members (excludes halogenated alkanes) is 3. The van der Waals surface area contributed by atoms with Crippen LogP contribution in [0, 0.1) is 5.41 Å². The molecule has 2 amide bonds. The van der Waals surface area contributed by atoms with E-state index in [2.05, 4.69) is 16.8 Å². The number of likely N-dealkylation sites (N-methyl/N-ethyl adjacent to an activating group) is 1. The van der Waals surface area contributed by atoms with Gasteiger partial charge in [0.25, 0.3) is 0 Å². The van der Waals surface area contributed by atoms with Gasteiger partial charge in [-0.15, -0.1) is 0 Å². The number of imidazole rings is 1. The Hall–Kier alpha value is -2.37. The van der Waals surface area contributed by atoms with Crippen LogP contribution in [0.3, 0.4) is 0 Å². The predicted octanol–water partition coefficient (Wildman–Crippen LogP) is 4.17. The van der Waals surface area contributed by atoms with Crippen LogP contribution >= 0.6 is 0 Å². The Morgan fingerprint density at radius 1 is 1.10 bits per heavy atom. The van der Waals surface area contributed by atoms with Crippen LogP contribution in [-0.4, -0.2) is 46.4 Å². The molecule has 0 fully saturated rings. The summed E-state index contributed by atoms with van der Waals surface area (Å²) in [7, 11) is 1.88. The Morgan fingerprint density at radius 3 is 2.53 bits per heavy atom. The molecule has 1 heterocycles. The molecule has 0 aliphatic heterocycles. The first-order valence-electron chi connectivity index (χ1n) is 11.2. The van der Waals surface area contributed by atoms with E-state index in [-0.39, 0.29) is 17.2 Å². The first-order chi connectivity index (χ1) is 14.2. The Bertz CT molecular complexity index is 835. The molecule has 0 atom stereocenters. The van der Waals surface area contributed by atoms with E-state index >= 15 is 0 Å². The normalized spacial score (nSPS) is 11.6. The van der Waals surface area contributed by atoms with Crippen LogP contribution in [0.4, 0.5) is 0 Å². The lowest BCUT2D eigenvalue weighted by Crippen LogP contribution is -2.35. The number of rotatable bonds is 11. The highest BCUT2D eigenvalue weighted by Gasteiger charge is 2.20. The third-order valence-corrected chi connectivity index (χ3v) is 5.34. The Balaban J connectivity index is 1.94. The number of carbonyl (C=O) groups is 2. The number of hydrogen-bond acceptors (Lipinski definition) is 3. The van der Waals surface area contributed by atoms with Crippen molar-refractivity contribution in [1.82, 2.24) is 19.8 Å². The van der Waals surface area contributed by atoms with Gasteiger partial charge < -0.3 is 14.8 Å². The molecule has 1 aromatic carbocycles. The number of aromatic nitrogens is 2. The van der Waals surface area contributed by atoms with Crippen molar-refractivity contribution in [2.24, 2.45) is 5.41 Å². The van der Waals surface area contributed by atoms with E-state index in [4.69, 9.17) is 4.98 Å². The van der Waals surface area contributed by atoms with E-state index in [1.807, 2.05) is 57.0 Å². The van der Waals surface area contributed by atoms with Gasteiger partial charge in [-0.2, -0.15) is 0 Å². The van der Waals surface area contributed by atoms with Gasteiger partial charge >= 0.3 is 0 Å². The first kappa shape index (κ1) is 23.9. The van der Waals surface area contributed by atoms with E-state index in [9.17, 15) is 9.59 Å². The van der Waals surface area contributed by atoms with Crippen molar-refractivity contribution >= 4 is 22.8 Å². The molecule has 166 valence electrons. The number of aryl methyl sites for hydroxylation is 1. The van der Waals surface area contributed by atoms with Gasteiger partial charge in [0.1, 0.15) is 12.4 Å². The topological polar surface area (TPSA) is 67.2 Å². The van der Waals surface area contributed by atoms with Crippen LogP contribution in [0.1, 0.15) is 65.6 Å². The summed E-state index contributed by atoms with van der Waals surface area (Å²) >= 11 is 0.